The van der Waals surface area contributed by atoms with Crippen LogP contribution in [0.25, 0.3) is 0 Å². The molecule has 0 heterocycles. The van der Waals surface area contributed by atoms with Crippen LogP contribution in [0.4, 0.5) is 0 Å². The first-order chi connectivity index (χ1) is 6.09. The number of aliphatic carboxylic acids is 1. The van der Waals surface area contributed by atoms with E-state index in [-0.39, 0.29) is 12.4 Å². The van der Waals surface area contributed by atoms with Crippen LogP contribution in [-0.4, -0.2) is 23.2 Å². The van der Waals surface area contributed by atoms with Gasteiger partial charge in [0, 0.05) is 6.04 Å². The number of halogens is 1. The van der Waals surface area contributed by atoms with Crippen LogP contribution in [0.15, 0.2) is 0 Å². The summed E-state index contributed by atoms with van der Waals surface area (Å²) < 4.78 is 0. The molecule has 0 aliphatic heterocycles. The highest BCUT2D eigenvalue weighted by molar-refractivity contribution is 5.85. The SMILES string of the molecule is CC1CCC(NC(C)C(=O)O)CC1.Cl. The van der Waals surface area contributed by atoms with Gasteiger partial charge in [0.2, 0.25) is 0 Å². The molecule has 0 aromatic rings. The molecule has 1 saturated carbocycles. The number of rotatable bonds is 3. The van der Waals surface area contributed by atoms with E-state index in [0.717, 1.165) is 18.8 Å². The van der Waals surface area contributed by atoms with Crippen LogP contribution in [0.5, 0.6) is 0 Å². The number of hydrogen-bond donors (Lipinski definition) is 2. The molecule has 4 heteroatoms. The minimum absolute atomic E-state index is 0. The Hall–Kier alpha value is -0.280. The van der Waals surface area contributed by atoms with E-state index >= 15 is 0 Å². The Morgan fingerprint density at radius 1 is 1.36 bits per heavy atom. The van der Waals surface area contributed by atoms with E-state index in [4.69, 9.17) is 5.11 Å². The molecule has 1 fully saturated rings. The fourth-order valence-corrected chi connectivity index (χ4v) is 1.85. The Bertz CT molecular complexity index is 179. The summed E-state index contributed by atoms with van der Waals surface area (Å²) in [6.07, 6.45) is 4.70. The summed E-state index contributed by atoms with van der Waals surface area (Å²) in [6.45, 7) is 3.97. The molecule has 1 unspecified atom stereocenters. The van der Waals surface area contributed by atoms with E-state index in [2.05, 4.69) is 12.2 Å². The van der Waals surface area contributed by atoms with E-state index < -0.39 is 12.0 Å². The van der Waals surface area contributed by atoms with Gasteiger partial charge in [0.15, 0.2) is 0 Å². The first-order valence-corrected chi connectivity index (χ1v) is 5.08. The maximum Gasteiger partial charge on any atom is 0.320 e. The number of carbonyl (C=O) groups is 1. The molecule has 0 radical (unpaired) electrons. The molecule has 0 spiro atoms. The zero-order valence-electron chi connectivity index (χ0n) is 8.82. The predicted molar refractivity (Wildman–Crippen MR) is 58.9 cm³/mol. The molecular weight excluding hydrogens is 202 g/mol. The summed E-state index contributed by atoms with van der Waals surface area (Å²) in [6, 6.07) is 0.0145. The van der Waals surface area contributed by atoms with Crippen LogP contribution in [0.1, 0.15) is 39.5 Å². The van der Waals surface area contributed by atoms with Crippen molar-refractivity contribution in [1.29, 1.82) is 0 Å². The van der Waals surface area contributed by atoms with Gasteiger partial charge >= 0.3 is 5.97 Å². The predicted octanol–water partition coefficient (Wildman–Crippen LogP) is 2.05. The van der Waals surface area contributed by atoms with Gasteiger partial charge in [0.05, 0.1) is 0 Å². The lowest BCUT2D eigenvalue weighted by molar-refractivity contribution is -0.139. The van der Waals surface area contributed by atoms with Crippen molar-refractivity contribution in [3.8, 4) is 0 Å². The van der Waals surface area contributed by atoms with Crippen molar-refractivity contribution in [3.05, 3.63) is 0 Å². The largest absolute Gasteiger partial charge is 0.480 e. The van der Waals surface area contributed by atoms with E-state index in [9.17, 15) is 4.79 Å². The zero-order valence-corrected chi connectivity index (χ0v) is 9.64. The van der Waals surface area contributed by atoms with E-state index in [1.807, 2.05) is 0 Å². The summed E-state index contributed by atoms with van der Waals surface area (Å²) in [4.78, 5) is 10.6. The van der Waals surface area contributed by atoms with Crippen molar-refractivity contribution in [2.75, 3.05) is 0 Å². The van der Waals surface area contributed by atoms with Gasteiger partial charge in [-0.05, 0) is 38.5 Å². The average Bonchev–Trinajstić information content (AvgIpc) is 2.08. The number of carboxylic acid groups (broad SMARTS) is 1. The highest BCUT2D eigenvalue weighted by Crippen LogP contribution is 2.23. The Morgan fingerprint density at radius 2 is 1.86 bits per heavy atom. The average molecular weight is 222 g/mol. The number of nitrogens with one attached hydrogen (secondary N) is 1. The highest BCUT2D eigenvalue weighted by atomic mass is 35.5. The van der Waals surface area contributed by atoms with Crippen molar-refractivity contribution >= 4 is 18.4 Å². The van der Waals surface area contributed by atoms with Gasteiger partial charge in [-0.3, -0.25) is 4.79 Å². The number of hydrogen-bond acceptors (Lipinski definition) is 2. The van der Waals surface area contributed by atoms with Crippen molar-refractivity contribution in [2.45, 2.75) is 51.6 Å². The fraction of sp³-hybridized carbons (Fsp3) is 0.900. The Kier molecular flexibility index (Phi) is 6.12. The van der Waals surface area contributed by atoms with Crippen molar-refractivity contribution < 1.29 is 9.90 Å². The molecule has 0 aromatic carbocycles. The van der Waals surface area contributed by atoms with Gasteiger partial charge in [-0.2, -0.15) is 0 Å². The van der Waals surface area contributed by atoms with E-state index in [0.29, 0.717) is 6.04 Å². The third kappa shape index (κ3) is 4.29. The lowest BCUT2D eigenvalue weighted by Gasteiger charge is -2.28. The van der Waals surface area contributed by atoms with Crippen molar-refractivity contribution in [3.63, 3.8) is 0 Å². The monoisotopic (exact) mass is 221 g/mol. The van der Waals surface area contributed by atoms with Crippen LogP contribution in [0, 0.1) is 5.92 Å². The van der Waals surface area contributed by atoms with Crippen molar-refractivity contribution in [1.82, 2.24) is 5.32 Å². The molecule has 14 heavy (non-hydrogen) atoms. The lowest BCUT2D eigenvalue weighted by Crippen LogP contribution is -2.42. The van der Waals surface area contributed by atoms with Crippen LogP contribution >= 0.6 is 12.4 Å². The summed E-state index contributed by atoms with van der Waals surface area (Å²) in [5.41, 5.74) is 0. The summed E-state index contributed by atoms with van der Waals surface area (Å²) >= 11 is 0. The Labute approximate surface area is 91.7 Å². The first kappa shape index (κ1) is 13.7. The molecule has 0 aromatic heterocycles. The Morgan fingerprint density at radius 3 is 2.29 bits per heavy atom. The third-order valence-corrected chi connectivity index (χ3v) is 2.87. The number of carboxylic acids is 1. The summed E-state index contributed by atoms with van der Waals surface area (Å²) in [5.74, 6) is 0.0665. The molecule has 3 nitrogen and oxygen atoms in total. The van der Waals surface area contributed by atoms with Crippen LogP contribution in [-0.2, 0) is 4.79 Å². The molecule has 0 saturated heterocycles. The topological polar surface area (TPSA) is 49.3 Å². The smallest absolute Gasteiger partial charge is 0.320 e. The Balaban J connectivity index is 0.00000169. The second-order valence-electron chi connectivity index (χ2n) is 4.18. The van der Waals surface area contributed by atoms with Gasteiger partial charge < -0.3 is 10.4 Å². The van der Waals surface area contributed by atoms with Gasteiger partial charge in [-0.1, -0.05) is 6.92 Å². The second-order valence-corrected chi connectivity index (χ2v) is 4.18. The van der Waals surface area contributed by atoms with Gasteiger partial charge in [-0.25, -0.2) is 0 Å². The zero-order chi connectivity index (χ0) is 9.84. The first-order valence-electron chi connectivity index (χ1n) is 5.08. The molecule has 2 N–H and O–H groups in total. The van der Waals surface area contributed by atoms with Gasteiger partial charge in [-0.15, -0.1) is 12.4 Å². The lowest BCUT2D eigenvalue weighted by atomic mass is 9.87. The van der Waals surface area contributed by atoms with Crippen molar-refractivity contribution in [2.24, 2.45) is 5.92 Å². The third-order valence-electron chi connectivity index (χ3n) is 2.87. The van der Waals surface area contributed by atoms with Crippen LogP contribution in [0.2, 0.25) is 0 Å². The van der Waals surface area contributed by atoms with Crippen LogP contribution < -0.4 is 5.32 Å². The molecule has 0 amide bonds. The minimum atomic E-state index is -0.751. The minimum Gasteiger partial charge on any atom is -0.480 e. The quantitative estimate of drug-likeness (QED) is 0.767. The second kappa shape index (κ2) is 6.25. The molecule has 1 rings (SSSR count). The highest BCUT2D eigenvalue weighted by Gasteiger charge is 2.21. The van der Waals surface area contributed by atoms with Crippen LogP contribution in [0.3, 0.4) is 0 Å². The molecule has 0 bridgehead atoms. The molecule has 1 aliphatic carbocycles. The van der Waals surface area contributed by atoms with Gasteiger partial charge in [0.25, 0.3) is 0 Å². The normalized spacial score (nSPS) is 29.0. The summed E-state index contributed by atoms with van der Waals surface area (Å²) in [5, 5.41) is 11.8. The fourth-order valence-electron chi connectivity index (χ4n) is 1.85. The maximum absolute atomic E-state index is 10.6. The maximum atomic E-state index is 10.6. The van der Waals surface area contributed by atoms with E-state index in [1.54, 1.807) is 6.92 Å². The molecular formula is C10H20ClNO2. The molecule has 1 aliphatic rings. The molecule has 1 atom stereocenters. The molecule has 84 valence electrons. The van der Waals surface area contributed by atoms with E-state index in [1.165, 1.54) is 12.8 Å². The van der Waals surface area contributed by atoms with Gasteiger partial charge in [0.1, 0.15) is 6.04 Å². The standard InChI is InChI=1S/C10H19NO2.ClH/c1-7-3-5-9(6-4-7)11-8(2)10(12)13;/h7-9,11H,3-6H2,1-2H3,(H,12,13);1H. The summed E-state index contributed by atoms with van der Waals surface area (Å²) in [7, 11) is 0.